The maximum absolute atomic E-state index is 6.01. The summed E-state index contributed by atoms with van der Waals surface area (Å²) in [6.45, 7) is 5.08. The molecule has 2 N–H and O–H groups in total. The summed E-state index contributed by atoms with van der Waals surface area (Å²) < 4.78 is 11.1. The molecule has 1 saturated carbocycles. The van der Waals surface area contributed by atoms with Crippen LogP contribution in [0.1, 0.15) is 32.6 Å². The van der Waals surface area contributed by atoms with E-state index in [4.69, 9.17) is 15.2 Å². The Bertz CT molecular complexity index is 266. The van der Waals surface area contributed by atoms with Crippen molar-refractivity contribution in [3.63, 3.8) is 0 Å². The fraction of sp³-hybridized carbons (Fsp3) is 1.00. The number of ether oxygens (including phenoxy) is 2. The summed E-state index contributed by atoms with van der Waals surface area (Å²) in [7, 11) is 3.61. The SMILES string of the molecule is COC1CC(CN)(N2CCCC(C)(OC)C2)C1. The maximum Gasteiger partial charge on any atom is 0.0777 e. The first-order valence-corrected chi connectivity index (χ1v) is 6.60. The van der Waals surface area contributed by atoms with E-state index in [9.17, 15) is 0 Å². The van der Waals surface area contributed by atoms with Crippen LogP contribution in [0.4, 0.5) is 0 Å². The first kappa shape index (κ1) is 13.3. The lowest BCUT2D eigenvalue weighted by molar-refractivity contribution is -0.134. The second-order valence-electron chi connectivity index (χ2n) is 5.87. The van der Waals surface area contributed by atoms with E-state index >= 15 is 0 Å². The van der Waals surface area contributed by atoms with Gasteiger partial charge in [0.15, 0.2) is 0 Å². The minimum Gasteiger partial charge on any atom is -0.381 e. The summed E-state index contributed by atoms with van der Waals surface area (Å²) in [6.07, 6.45) is 4.88. The molecule has 0 amide bonds. The first-order chi connectivity index (χ1) is 8.07. The van der Waals surface area contributed by atoms with Crippen LogP contribution in [-0.2, 0) is 9.47 Å². The van der Waals surface area contributed by atoms with Crippen molar-refractivity contribution in [2.75, 3.05) is 33.9 Å². The summed E-state index contributed by atoms with van der Waals surface area (Å²) in [4.78, 5) is 2.54. The molecule has 4 nitrogen and oxygen atoms in total. The van der Waals surface area contributed by atoms with Gasteiger partial charge in [0.25, 0.3) is 0 Å². The number of hydrogen-bond donors (Lipinski definition) is 1. The lowest BCUT2D eigenvalue weighted by Crippen LogP contribution is -2.67. The molecule has 2 fully saturated rings. The van der Waals surface area contributed by atoms with Gasteiger partial charge in [0.2, 0.25) is 0 Å². The van der Waals surface area contributed by atoms with Crippen molar-refractivity contribution < 1.29 is 9.47 Å². The summed E-state index contributed by atoms with van der Waals surface area (Å²) in [5.41, 5.74) is 6.17. The van der Waals surface area contributed by atoms with E-state index in [2.05, 4.69) is 11.8 Å². The Balaban J connectivity index is 2.01. The van der Waals surface area contributed by atoms with Crippen molar-refractivity contribution >= 4 is 0 Å². The zero-order valence-corrected chi connectivity index (χ0v) is 11.4. The van der Waals surface area contributed by atoms with Gasteiger partial charge in [-0.1, -0.05) is 0 Å². The standard InChI is InChI=1S/C13H26N2O2/c1-12(17-3)5-4-6-15(10-12)13(9-14)7-11(8-13)16-2/h11H,4-10,14H2,1-3H3. The van der Waals surface area contributed by atoms with Crippen LogP contribution >= 0.6 is 0 Å². The third kappa shape index (κ3) is 2.36. The van der Waals surface area contributed by atoms with E-state index in [0.717, 1.165) is 38.9 Å². The van der Waals surface area contributed by atoms with E-state index in [1.807, 2.05) is 7.11 Å². The summed E-state index contributed by atoms with van der Waals surface area (Å²) >= 11 is 0. The monoisotopic (exact) mass is 242 g/mol. The second-order valence-corrected chi connectivity index (χ2v) is 5.87. The van der Waals surface area contributed by atoms with Gasteiger partial charge in [-0.2, -0.15) is 0 Å². The van der Waals surface area contributed by atoms with Crippen LogP contribution in [0, 0.1) is 0 Å². The van der Waals surface area contributed by atoms with E-state index in [0.29, 0.717) is 6.10 Å². The van der Waals surface area contributed by atoms with Crippen LogP contribution in [0.5, 0.6) is 0 Å². The van der Waals surface area contributed by atoms with Gasteiger partial charge in [0.1, 0.15) is 0 Å². The van der Waals surface area contributed by atoms with E-state index in [-0.39, 0.29) is 11.1 Å². The number of methoxy groups -OCH3 is 2. The summed E-state index contributed by atoms with van der Waals surface area (Å²) in [5.74, 6) is 0. The molecule has 0 bridgehead atoms. The molecule has 100 valence electrons. The lowest BCUT2D eigenvalue weighted by Gasteiger charge is -2.56. The minimum absolute atomic E-state index is 0.00141. The normalized spacial score (nSPS) is 43.4. The van der Waals surface area contributed by atoms with Gasteiger partial charge in [0, 0.05) is 32.8 Å². The first-order valence-electron chi connectivity index (χ1n) is 6.60. The van der Waals surface area contributed by atoms with Crippen LogP contribution in [0.15, 0.2) is 0 Å². The number of likely N-dealkylation sites (tertiary alicyclic amines) is 1. The van der Waals surface area contributed by atoms with Gasteiger partial charge < -0.3 is 15.2 Å². The third-order valence-corrected chi connectivity index (χ3v) is 4.75. The lowest BCUT2D eigenvalue weighted by atomic mass is 9.71. The number of piperidine rings is 1. The molecule has 0 aromatic rings. The highest BCUT2D eigenvalue weighted by Gasteiger charge is 2.50. The van der Waals surface area contributed by atoms with Crippen molar-refractivity contribution in [2.45, 2.75) is 49.9 Å². The Labute approximate surface area is 104 Å². The fourth-order valence-electron chi connectivity index (χ4n) is 3.29. The molecule has 0 aromatic carbocycles. The topological polar surface area (TPSA) is 47.7 Å². The van der Waals surface area contributed by atoms with Crippen molar-refractivity contribution in [3.8, 4) is 0 Å². The predicted octanol–water partition coefficient (Wildman–Crippen LogP) is 0.994. The molecular weight excluding hydrogens is 216 g/mol. The van der Waals surface area contributed by atoms with Gasteiger partial charge in [-0.15, -0.1) is 0 Å². The van der Waals surface area contributed by atoms with Crippen LogP contribution in [0.3, 0.4) is 0 Å². The molecule has 0 radical (unpaired) electrons. The van der Waals surface area contributed by atoms with Crippen LogP contribution in [0.2, 0.25) is 0 Å². The van der Waals surface area contributed by atoms with E-state index < -0.39 is 0 Å². The number of rotatable bonds is 4. The highest BCUT2D eigenvalue weighted by molar-refractivity contribution is 5.06. The highest BCUT2D eigenvalue weighted by atomic mass is 16.5. The van der Waals surface area contributed by atoms with Crippen LogP contribution < -0.4 is 5.73 Å². The molecule has 1 heterocycles. The molecule has 1 aliphatic carbocycles. The minimum atomic E-state index is -0.00141. The molecule has 1 unspecified atom stereocenters. The molecule has 4 heteroatoms. The molecule has 0 aromatic heterocycles. The van der Waals surface area contributed by atoms with E-state index in [1.54, 1.807) is 7.11 Å². The average Bonchev–Trinajstić information content (AvgIpc) is 2.29. The van der Waals surface area contributed by atoms with Crippen LogP contribution in [-0.4, -0.2) is 56.0 Å². The molecule has 1 atom stereocenters. The summed E-state index contributed by atoms with van der Waals surface area (Å²) in [6, 6.07) is 0. The Kier molecular flexibility index (Phi) is 3.78. The van der Waals surface area contributed by atoms with Gasteiger partial charge in [-0.25, -0.2) is 0 Å². The van der Waals surface area contributed by atoms with Crippen molar-refractivity contribution in [3.05, 3.63) is 0 Å². The largest absolute Gasteiger partial charge is 0.381 e. The van der Waals surface area contributed by atoms with E-state index in [1.165, 1.54) is 6.42 Å². The third-order valence-electron chi connectivity index (χ3n) is 4.75. The highest BCUT2D eigenvalue weighted by Crippen LogP contribution is 2.41. The van der Waals surface area contributed by atoms with Crippen molar-refractivity contribution in [1.29, 1.82) is 0 Å². The molecule has 1 aliphatic heterocycles. The predicted molar refractivity (Wildman–Crippen MR) is 68.0 cm³/mol. The molecule has 0 spiro atoms. The fourth-order valence-corrected chi connectivity index (χ4v) is 3.29. The summed E-state index contributed by atoms with van der Waals surface area (Å²) in [5, 5.41) is 0. The quantitative estimate of drug-likeness (QED) is 0.799. The number of nitrogens with two attached hydrogens (primary N) is 1. The molecular formula is C13H26N2O2. The molecule has 2 aliphatic rings. The second kappa shape index (κ2) is 4.84. The molecule has 2 rings (SSSR count). The van der Waals surface area contributed by atoms with Crippen molar-refractivity contribution in [2.24, 2.45) is 5.73 Å². The Hall–Kier alpha value is -0.160. The Morgan fingerprint density at radius 1 is 1.35 bits per heavy atom. The van der Waals surface area contributed by atoms with Crippen molar-refractivity contribution in [1.82, 2.24) is 4.90 Å². The zero-order valence-electron chi connectivity index (χ0n) is 11.4. The number of nitrogens with zero attached hydrogens (tertiary/aromatic N) is 1. The number of hydrogen-bond acceptors (Lipinski definition) is 4. The maximum atomic E-state index is 6.01. The van der Waals surface area contributed by atoms with Gasteiger partial charge >= 0.3 is 0 Å². The zero-order chi connectivity index (χ0) is 12.5. The average molecular weight is 242 g/mol. The Morgan fingerprint density at radius 3 is 2.59 bits per heavy atom. The van der Waals surface area contributed by atoms with Crippen LogP contribution in [0.25, 0.3) is 0 Å². The van der Waals surface area contributed by atoms with Gasteiger partial charge in [-0.3, -0.25) is 4.90 Å². The van der Waals surface area contributed by atoms with Gasteiger partial charge in [-0.05, 0) is 39.2 Å². The van der Waals surface area contributed by atoms with Gasteiger partial charge in [0.05, 0.1) is 11.7 Å². The molecule has 17 heavy (non-hydrogen) atoms. The molecule has 1 saturated heterocycles. The smallest absolute Gasteiger partial charge is 0.0777 e. The Morgan fingerprint density at radius 2 is 2.06 bits per heavy atom.